The van der Waals surface area contributed by atoms with Gasteiger partial charge in [-0.1, -0.05) is 0 Å². The summed E-state index contributed by atoms with van der Waals surface area (Å²) in [6.45, 7) is 3.47. The number of nitrogens with zero attached hydrogens (tertiary/aromatic N) is 1. The molecule has 2 heterocycles. The summed E-state index contributed by atoms with van der Waals surface area (Å²) >= 11 is 0. The van der Waals surface area contributed by atoms with Crippen molar-refractivity contribution in [2.24, 2.45) is 0 Å². The number of nitrogens with one attached hydrogen (secondary N) is 2. The van der Waals surface area contributed by atoms with Gasteiger partial charge in [0.15, 0.2) is 0 Å². The number of likely N-dealkylation sites (tertiary alicyclic amines) is 1. The second-order valence-corrected chi connectivity index (χ2v) is 6.74. The van der Waals surface area contributed by atoms with Gasteiger partial charge in [-0.05, 0) is 56.4 Å². The summed E-state index contributed by atoms with van der Waals surface area (Å²) in [7, 11) is 0. The Morgan fingerprint density at radius 1 is 1.08 bits per heavy atom. The summed E-state index contributed by atoms with van der Waals surface area (Å²) in [5.41, 5.74) is 1.38. The van der Waals surface area contributed by atoms with Crippen LogP contribution in [0, 0.1) is 0 Å². The first kappa shape index (κ1) is 17.9. The lowest BCUT2D eigenvalue weighted by Gasteiger charge is -2.26. The summed E-state index contributed by atoms with van der Waals surface area (Å²) in [6.07, 6.45) is 5.75. The molecule has 0 unspecified atom stereocenters. The quantitative estimate of drug-likeness (QED) is 0.827. The van der Waals surface area contributed by atoms with Crippen LogP contribution >= 0.6 is 0 Å². The van der Waals surface area contributed by atoms with Crippen molar-refractivity contribution < 1.29 is 14.3 Å². The van der Waals surface area contributed by atoms with E-state index in [0.29, 0.717) is 17.8 Å². The number of ether oxygens (including phenoxy) is 1. The molecule has 2 aliphatic heterocycles. The zero-order valence-corrected chi connectivity index (χ0v) is 14.6. The minimum absolute atomic E-state index is 0.0795. The van der Waals surface area contributed by atoms with E-state index >= 15 is 0 Å². The highest BCUT2D eigenvalue weighted by atomic mass is 16.5. The van der Waals surface area contributed by atoms with Gasteiger partial charge in [0, 0.05) is 37.5 Å². The summed E-state index contributed by atoms with van der Waals surface area (Å²) in [5, 5.41) is 5.97. The molecular weight excluding hydrogens is 318 g/mol. The van der Waals surface area contributed by atoms with Crippen LogP contribution < -0.4 is 10.6 Å². The lowest BCUT2D eigenvalue weighted by Crippen LogP contribution is -2.35. The molecular formula is C19H27N3O3. The van der Waals surface area contributed by atoms with E-state index in [-0.39, 0.29) is 24.5 Å². The number of amides is 2. The third-order valence-electron chi connectivity index (χ3n) is 4.74. The predicted molar refractivity (Wildman–Crippen MR) is 96.7 cm³/mol. The van der Waals surface area contributed by atoms with Gasteiger partial charge in [0.2, 0.25) is 5.91 Å². The van der Waals surface area contributed by atoms with Crippen molar-refractivity contribution in [1.82, 2.24) is 10.2 Å². The number of hydrogen-bond acceptors (Lipinski definition) is 4. The molecule has 0 bridgehead atoms. The molecule has 25 heavy (non-hydrogen) atoms. The molecule has 1 atom stereocenters. The topological polar surface area (TPSA) is 70.7 Å². The highest BCUT2D eigenvalue weighted by Gasteiger charge is 2.18. The van der Waals surface area contributed by atoms with Crippen molar-refractivity contribution in [3.05, 3.63) is 29.8 Å². The van der Waals surface area contributed by atoms with E-state index in [1.54, 1.807) is 24.3 Å². The van der Waals surface area contributed by atoms with Gasteiger partial charge in [-0.3, -0.25) is 9.59 Å². The first-order chi connectivity index (χ1) is 12.2. The largest absolute Gasteiger partial charge is 0.377 e. The predicted octanol–water partition coefficient (Wildman–Crippen LogP) is 2.02. The molecule has 2 N–H and O–H groups in total. The fourth-order valence-electron chi connectivity index (χ4n) is 3.33. The number of piperidine rings is 1. The zero-order chi connectivity index (χ0) is 17.5. The van der Waals surface area contributed by atoms with Crippen molar-refractivity contribution in [3.63, 3.8) is 0 Å². The minimum Gasteiger partial charge on any atom is -0.377 e. The molecule has 2 amide bonds. The number of rotatable bonds is 6. The van der Waals surface area contributed by atoms with Crippen LogP contribution in [0.5, 0.6) is 0 Å². The molecule has 2 aliphatic rings. The Kier molecular flexibility index (Phi) is 6.42. The molecule has 0 saturated carbocycles. The van der Waals surface area contributed by atoms with Gasteiger partial charge in [-0.15, -0.1) is 0 Å². The van der Waals surface area contributed by atoms with Gasteiger partial charge in [0.05, 0.1) is 12.6 Å². The van der Waals surface area contributed by atoms with Crippen LogP contribution in [0.1, 0.15) is 42.5 Å². The standard InChI is InChI=1S/C19H27N3O3/c23-18(14-20-13-17-5-4-12-25-17)21-16-8-6-15(7-9-16)19(24)22-10-2-1-3-11-22/h6-9,17,20H,1-5,10-14H2,(H,21,23)/t17-/m1/s1. The van der Waals surface area contributed by atoms with E-state index < -0.39 is 0 Å². The van der Waals surface area contributed by atoms with Crippen LogP contribution in [-0.4, -0.2) is 55.6 Å². The molecule has 6 heteroatoms. The van der Waals surface area contributed by atoms with Crippen molar-refractivity contribution in [2.45, 2.75) is 38.2 Å². The van der Waals surface area contributed by atoms with Crippen molar-refractivity contribution >= 4 is 17.5 Å². The maximum atomic E-state index is 12.4. The summed E-state index contributed by atoms with van der Waals surface area (Å²) in [4.78, 5) is 26.3. The van der Waals surface area contributed by atoms with Crippen LogP contribution in [0.3, 0.4) is 0 Å². The van der Waals surface area contributed by atoms with E-state index in [0.717, 1.165) is 45.4 Å². The normalized spacial score (nSPS) is 20.5. The van der Waals surface area contributed by atoms with Gasteiger partial charge in [0.25, 0.3) is 5.91 Å². The molecule has 2 saturated heterocycles. The van der Waals surface area contributed by atoms with Gasteiger partial charge in [-0.25, -0.2) is 0 Å². The first-order valence-electron chi connectivity index (χ1n) is 9.24. The second-order valence-electron chi connectivity index (χ2n) is 6.74. The molecule has 1 aromatic rings. The first-order valence-corrected chi connectivity index (χ1v) is 9.24. The SMILES string of the molecule is O=C(CNC[C@H]1CCCO1)Nc1ccc(C(=O)N2CCCCC2)cc1. The fraction of sp³-hybridized carbons (Fsp3) is 0.579. The lowest BCUT2D eigenvalue weighted by molar-refractivity contribution is -0.115. The third-order valence-corrected chi connectivity index (χ3v) is 4.74. The van der Waals surface area contributed by atoms with Crippen LogP contribution in [0.2, 0.25) is 0 Å². The average molecular weight is 345 g/mol. The number of benzene rings is 1. The molecule has 1 aromatic carbocycles. The van der Waals surface area contributed by atoms with Gasteiger partial charge in [-0.2, -0.15) is 0 Å². The molecule has 0 radical (unpaired) electrons. The van der Waals surface area contributed by atoms with Crippen LogP contribution in [0.4, 0.5) is 5.69 Å². The van der Waals surface area contributed by atoms with E-state index in [2.05, 4.69) is 10.6 Å². The van der Waals surface area contributed by atoms with E-state index in [1.807, 2.05) is 4.90 Å². The second kappa shape index (κ2) is 8.97. The summed E-state index contributed by atoms with van der Waals surface area (Å²) in [5.74, 6) is -0.0103. The minimum atomic E-state index is -0.0897. The zero-order valence-electron chi connectivity index (χ0n) is 14.6. The molecule has 6 nitrogen and oxygen atoms in total. The van der Waals surface area contributed by atoms with E-state index in [1.165, 1.54) is 6.42 Å². The Labute approximate surface area is 148 Å². The van der Waals surface area contributed by atoms with Crippen LogP contribution in [0.25, 0.3) is 0 Å². The lowest BCUT2D eigenvalue weighted by atomic mass is 10.1. The van der Waals surface area contributed by atoms with Crippen LogP contribution in [0.15, 0.2) is 24.3 Å². The maximum Gasteiger partial charge on any atom is 0.253 e. The fourth-order valence-corrected chi connectivity index (χ4v) is 3.33. The Morgan fingerprint density at radius 3 is 2.52 bits per heavy atom. The number of anilines is 1. The molecule has 2 fully saturated rings. The molecule has 3 rings (SSSR count). The summed E-state index contributed by atoms with van der Waals surface area (Å²) < 4.78 is 5.51. The Hall–Kier alpha value is -1.92. The molecule has 0 aliphatic carbocycles. The van der Waals surface area contributed by atoms with E-state index in [4.69, 9.17) is 4.74 Å². The van der Waals surface area contributed by atoms with Gasteiger partial charge >= 0.3 is 0 Å². The maximum absolute atomic E-state index is 12.4. The smallest absolute Gasteiger partial charge is 0.253 e. The van der Waals surface area contributed by atoms with Crippen LogP contribution in [-0.2, 0) is 9.53 Å². The number of carbonyl (C=O) groups is 2. The molecule has 136 valence electrons. The number of carbonyl (C=O) groups excluding carboxylic acids is 2. The molecule has 0 aromatic heterocycles. The van der Waals surface area contributed by atoms with Crippen molar-refractivity contribution in [1.29, 1.82) is 0 Å². The Morgan fingerprint density at radius 2 is 1.84 bits per heavy atom. The summed E-state index contributed by atoms with van der Waals surface area (Å²) in [6, 6.07) is 7.14. The highest BCUT2D eigenvalue weighted by Crippen LogP contribution is 2.15. The monoisotopic (exact) mass is 345 g/mol. The van der Waals surface area contributed by atoms with Crippen molar-refractivity contribution in [3.8, 4) is 0 Å². The Bertz CT molecular complexity index is 576. The highest BCUT2D eigenvalue weighted by molar-refractivity contribution is 5.96. The third kappa shape index (κ3) is 5.28. The number of hydrogen-bond donors (Lipinski definition) is 2. The molecule has 0 spiro atoms. The van der Waals surface area contributed by atoms with Gasteiger partial charge < -0.3 is 20.3 Å². The van der Waals surface area contributed by atoms with Gasteiger partial charge in [0.1, 0.15) is 0 Å². The average Bonchev–Trinajstić information content (AvgIpc) is 3.16. The Balaban J connectivity index is 1.43. The van der Waals surface area contributed by atoms with E-state index in [9.17, 15) is 9.59 Å². The van der Waals surface area contributed by atoms with Crippen molar-refractivity contribution in [2.75, 3.05) is 38.1 Å².